The van der Waals surface area contributed by atoms with Crippen LogP contribution in [0, 0.1) is 6.92 Å². The summed E-state index contributed by atoms with van der Waals surface area (Å²) in [5.41, 5.74) is 4.68. The molecule has 0 radical (unpaired) electrons. The van der Waals surface area contributed by atoms with E-state index in [9.17, 15) is 9.90 Å². The SMILES string of the molecule is Cc1nc(N(C)c2ccc3c(c2)CCC[C@H]3CNc2cnccc2C(=O)O)cs1. The van der Waals surface area contributed by atoms with Crippen LogP contribution in [0.4, 0.5) is 17.2 Å². The number of rotatable bonds is 6. The third-order valence-electron chi connectivity index (χ3n) is 5.49. The minimum Gasteiger partial charge on any atom is -0.478 e. The molecule has 2 aromatic heterocycles. The normalized spacial score (nSPS) is 15.6. The molecule has 150 valence electrons. The number of anilines is 3. The highest BCUT2D eigenvalue weighted by molar-refractivity contribution is 7.09. The number of aryl methyl sites for hydroxylation is 2. The number of nitrogens with one attached hydrogen (secondary N) is 1. The zero-order valence-electron chi connectivity index (χ0n) is 16.6. The maximum atomic E-state index is 11.4. The van der Waals surface area contributed by atoms with Gasteiger partial charge in [-0.1, -0.05) is 6.07 Å². The standard InChI is InChI=1S/C22H24N4O2S/c1-14-25-21(13-29-14)26(2)17-6-7-18-15(10-17)4-3-5-16(18)11-24-20-12-23-9-8-19(20)22(27)28/h6-10,12-13,16,24H,3-5,11H2,1-2H3,(H,27,28)/t16-/m0/s1. The number of thiazole rings is 1. The first kappa shape index (κ1) is 19.4. The molecule has 1 aliphatic rings. The van der Waals surface area contributed by atoms with Crippen molar-refractivity contribution in [3.8, 4) is 0 Å². The molecular weight excluding hydrogens is 384 g/mol. The van der Waals surface area contributed by atoms with Crippen LogP contribution in [-0.4, -0.2) is 34.6 Å². The van der Waals surface area contributed by atoms with E-state index >= 15 is 0 Å². The second-order valence-corrected chi connectivity index (χ2v) is 8.43. The highest BCUT2D eigenvalue weighted by Gasteiger charge is 2.22. The van der Waals surface area contributed by atoms with Crippen molar-refractivity contribution in [1.82, 2.24) is 9.97 Å². The Balaban J connectivity index is 1.52. The largest absolute Gasteiger partial charge is 0.478 e. The van der Waals surface area contributed by atoms with E-state index in [1.807, 2.05) is 14.0 Å². The molecule has 1 atom stereocenters. The molecule has 2 N–H and O–H groups in total. The molecule has 2 heterocycles. The maximum absolute atomic E-state index is 11.4. The van der Waals surface area contributed by atoms with Crippen LogP contribution < -0.4 is 10.2 Å². The first-order valence-electron chi connectivity index (χ1n) is 9.73. The van der Waals surface area contributed by atoms with Gasteiger partial charge in [-0.05, 0) is 55.5 Å². The molecule has 6 nitrogen and oxygen atoms in total. The number of aromatic nitrogens is 2. The number of hydrogen-bond acceptors (Lipinski definition) is 6. The Morgan fingerprint density at radius 3 is 3.00 bits per heavy atom. The van der Waals surface area contributed by atoms with Gasteiger partial charge in [-0.3, -0.25) is 4.98 Å². The molecular formula is C22H24N4O2S. The number of pyridine rings is 1. The van der Waals surface area contributed by atoms with Crippen LogP contribution >= 0.6 is 11.3 Å². The van der Waals surface area contributed by atoms with E-state index in [-0.39, 0.29) is 5.56 Å². The van der Waals surface area contributed by atoms with Crippen molar-refractivity contribution in [2.75, 3.05) is 23.8 Å². The van der Waals surface area contributed by atoms with E-state index in [1.54, 1.807) is 17.5 Å². The van der Waals surface area contributed by atoms with Crippen LogP contribution in [0.3, 0.4) is 0 Å². The predicted molar refractivity (Wildman–Crippen MR) is 117 cm³/mol. The summed E-state index contributed by atoms with van der Waals surface area (Å²) in [4.78, 5) is 22.2. The van der Waals surface area contributed by atoms with Gasteiger partial charge in [-0.25, -0.2) is 9.78 Å². The van der Waals surface area contributed by atoms with E-state index in [4.69, 9.17) is 0 Å². The van der Waals surface area contributed by atoms with Gasteiger partial charge in [-0.15, -0.1) is 11.3 Å². The summed E-state index contributed by atoms with van der Waals surface area (Å²) in [6.07, 6.45) is 6.37. The van der Waals surface area contributed by atoms with Crippen LogP contribution in [0.5, 0.6) is 0 Å². The number of benzene rings is 1. The minimum atomic E-state index is -0.941. The van der Waals surface area contributed by atoms with Crippen LogP contribution in [0.1, 0.15) is 45.3 Å². The van der Waals surface area contributed by atoms with Crippen LogP contribution in [0.25, 0.3) is 0 Å². The van der Waals surface area contributed by atoms with E-state index in [0.29, 0.717) is 18.2 Å². The Labute approximate surface area is 174 Å². The van der Waals surface area contributed by atoms with Gasteiger partial charge in [0.1, 0.15) is 5.82 Å². The van der Waals surface area contributed by atoms with E-state index in [1.165, 1.54) is 23.4 Å². The number of carboxylic acids is 1. The highest BCUT2D eigenvalue weighted by atomic mass is 32.1. The Kier molecular flexibility index (Phi) is 5.49. The van der Waals surface area contributed by atoms with E-state index in [0.717, 1.165) is 35.8 Å². The van der Waals surface area contributed by atoms with Crippen molar-refractivity contribution in [2.45, 2.75) is 32.1 Å². The lowest BCUT2D eigenvalue weighted by atomic mass is 9.82. The Hall–Kier alpha value is -2.93. The van der Waals surface area contributed by atoms with Gasteiger partial charge in [-0.2, -0.15) is 0 Å². The Morgan fingerprint density at radius 2 is 2.24 bits per heavy atom. The van der Waals surface area contributed by atoms with Crippen molar-refractivity contribution < 1.29 is 9.90 Å². The molecule has 0 fully saturated rings. The predicted octanol–water partition coefficient (Wildman–Crippen LogP) is 4.84. The molecule has 0 spiro atoms. The Bertz CT molecular complexity index is 1030. The maximum Gasteiger partial charge on any atom is 0.337 e. The summed E-state index contributed by atoms with van der Waals surface area (Å²) in [5.74, 6) is 0.379. The van der Waals surface area contributed by atoms with E-state index < -0.39 is 5.97 Å². The summed E-state index contributed by atoms with van der Waals surface area (Å²) < 4.78 is 0. The third-order valence-corrected chi connectivity index (χ3v) is 6.25. The van der Waals surface area contributed by atoms with E-state index in [2.05, 4.69) is 43.8 Å². The van der Waals surface area contributed by atoms with Crippen molar-refractivity contribution in [2.24, 2.45) is 0 Å². The smallest absolute Gasteiger partial charge is 0.337 e. The zero-order valence-corrected chi connectivity index (χ0v) is 17.4. The molecule has 0 unspecified atom stereocenters. The lowest BCUT2D eigenvalue weighted by molar-refractivity contribution is 0.0698. The number of carbonyl (C=O) groups is 1. The van der Waals surface area contributed by atoms with Gasteiger partial charge < -0.3 is 15.3 Å². The highest BCUT2D eigenvalue weighted by Crippen LogP contribution is 2.35. The van der Waals surface area contributed by atoms with Crippen LogP contribution in [-0.2, 0) is 6.42 Å². The molecule has 1 aliphatic carbocycles. The number of hydrogen-bond donors (Lipinski definition) is 2. The first-order chi connectivity index (χ1) is 14.0. The average molecular weight is 409 g/mol. The topological polar surface area (TPSA) is 78.4 Å². The zero-order chi connectivity index (χ0) is 20.4. The molecule has 0 bridgehead atoms. The molecule has 3 aromatic rings. The molecule has 7 heteroatoms. The monoisotopic (exact) mass is 408 g/mol. The summed E-state index contributed by atoms with van der Waals surface area (Å²) in [6.45, 7) is 2.71. The fourth-order valence-corrected chi connectivity index (χ4v) is 4.55. The molecule has 4 rings (SSSR count). The molecule has 0 aliphatic heterocycles. The third kappa shape index (κ3) is 4.10. The van der Waals surface area contributed by atoms with Crippen molar-refractivity contribution >= 4 is 34.5 Å². The molecule has 29 heavy (non-hydrogen) atoms. The van der Waals surface area contributed by atoms with Crippen molar-refractivity contribution in [1.29, 1.82) is 0 Å². The fourth-order valence-electron chi connectivity index (χ4n) is 3.92. The molecule has 0 saturated carbocycles. The van der Waals surface area contributed by atoms with Gasteiger partial charge >= 0.3 is 5.97 Å². The lowest BCUT2D eigenvalue weighted by Gasteiger charge is -2.28. The van der Waals surface area contributed by atoms with Crippen LogP contribution in [0.2, 0.25) is 0 Å². The summed E-state index contributed by atoms with van der Waals surface area (Å²) in [5, 5.41) is 15.8. The number of fused-ring (bicyclic) bond motifs is 1. The first-order valence-corrected chi connectivity index (χ1v) is 10.6. The van der Waals surface area contributed by atoms with Gasteiger partial charge in [0.15, 0.2) is 0 Å². The number of nitrogens with zero attached hydrogens (tertiary/aromatic N) is 3. The van der Waals surface area contributed by atoms with Gasteiger partial charge in [0.05, 0.1) is 22.5 Å². The lowest BCUT2D eigenvalue weighted by Crippen LogP contribution is -2.20. The van der Waals surface area contributed by atoms with Gasteiger partial charge in [0.2, 0.25) is 0 Å². The summed E-state index contributed by atoms with van der Waals surface area (Å²) in [7, 11) is 2.05. The quantitative estimate of drug-likeness (QED) is 0.607. The fraction of sp³-hybridized carbons (Fsp3) is 0.318. The summed E-state index contributed by atoms with van der Waals surface area (Å²) >= 11 is 1.66. The molecule has 0 saturated heterocycles. The summed E-state index contributed by atoms with van der Waals surface area (Å²) in [6, 6.07) is 8.16. The van der Waals surface area contributed by atoms with Crippen molar-refractivity contribution in [3.05, 3.63) is 63.7 Å². The molecule has 1 aromatic carbocycles. The van der Waals surface area contributed by atoms with Crippen LogP contribution in [0.15, 0.2) is 42.0 Å². The van der Waals surface area contributed by atoms with Gasteiger partial charge in [0, 0.05) is 36.8 Å². The average Bonchev–Trinajstić information content (AvgIpc) is 3.17. The number of aromatic carboxylic acids is 1. The van der Waals surface area contributed by atoms with Crippen molar-refractivity contribution in [3.63, 3.8) is 0 Å². The number of carboxylic acid groups (broad SMARTS) is 1. The minimum absolute atomic E-state index is 0.256. The Morgan fingerprint density at radius 1 is 1.38 bits per heavy atom. The van der Waals surface area contributed by atoms with Gasteiger partial charge in [0.25, 0.3) is 0 Å². The second-order valence-electron chi connectivity index (χ2n) is 7.36. The second kappa shape index (κ2) is 8.21. The molecule has 0 amide bonds.